The lowest BCUT2D eigenvalue weighted by atomic mass is 10.0. The van der Waals surface area contributed by atoms with E-state index in [1.165, 1.54) is 28.0 Å². The van der Waals surface area contributed by atoms with E-state index in [4.69, 9.17) is 16.3 Å². The van der Waals surface area contributed by atoms with Crippen LogP contribution in [0.25, 0.3) is 0 Å². The van der Waals surface area contributed by atoms with E-state index in [0.717, 1.165) is 6.07 Å². The van der Waals surface area contributed by atoms with E-state index < -0.39 is 42.8 Å². The van der Waals surface area contributed by atoms with Gasteiger partial charge in [-0.15, -0.1) is 0 Å². The molecule has 0 saturated carbocycles. The monoisotopic (exact) mass is 468 g/mol. The average Bonchev–Trinajstić information content (AvgIpc) is 3.22. The molecule has 0 radical (unpaired) electrons. The van der Waals surface area contributed by atoms with Gasteiger partial charge in [-0.1, -0.05) is 30.3 Å². The maximum Gasteiger partial charge on any atom is 0.255 e. The largest absolute Gasteiger partial charge is 0.489 e. The van der Waals surface area contributed by atoms with E-state index in [2.05, 4.69) is 5.32 Å². The van der Waals surface area contributed by atoms with Crippen molar-refractivity contribution in [2.75, 3.05) is 19.8 Å². The van der Waals surface area contributed by atoms with Crippen LogP contribution in [0.2, 0.25) is 0 Å². The van der Waals surface area contributed by atoms with Crippen LogP contribution in [0.3, 0.4) is 0 Å². The number of morpholine rings is 1. The van der Waals surface area contributed by atoms with E-state index in [-0.39, 0.29) is 73.7 Å². The zero-order valence-corrected chi connectivity index (χ0v) is 18.1. The van der Waals surface area contributed by atoms with E-state index in [1.807, 2.05) is 0 Å². The molecule has 1 N–H and O–H groups in total. The molecule has 9 nitrogen and oxygen atoms in total. The number of carbonyl (C=O) groups excluding carboxylic acids is 4. The summed E-state index contributed by atoms with van der Waals surface area (Å²) in [4.78, 5) is 51.6. The number of ether oxygens (including phenoxy) is 2. The Bertz CT molecular complexity index is 1390. The second kappa shape index (κ2) is 9.26. The lowest BCUT2D eigenvalue weighted by Crippen LogP contribution is -2.52. The second-order valence-electron chi connectivity index (χ2n) is 8.10. The maximum absolute atomic E-state index is 13.1. The summed E-state index contributed by atoms with van der Waals surface area (Å²) in [6.45, 7) is -3.63. The molecule has 0 aromatic heterocycles. The zero-order chi connectivity index (χ0) is 28.1. The molecule has 2 atom stereocenters. The predicted molar refractivity (Wildman–Crippen MR) is 119 cm³/mol. The fraction of sp³-hybridized carbons (Fsp3) is 0.360. The van der Waals surface area contributed by atoms with Crippen LogP contribution >= 0.6 is 0 Å². The Labute approximate surface area is 203 Å². The van der Waals surface area contributed by atoms with Crippen LogP contribution in [0, 0.1) is 0 Å². The molecular weight excluding hydrogens is 438 g/mol. The Balaban J connectivity index is 1.40. The minimum absolute atomic E-state index is 0.0306. The van der Waals surface area contributed by atoms with Crippen LogP contribution in [0.1, 0.15) is 46.7 Å². The number of nitrogens with one attached hydrogen (secondary N) is 1. The first-order chi connectivity index (χ1) is 18.5. The van der Waals surface area contributed by atoms with Gasteiger partial charge in [0.1, 0.15) is 25.0 Å². The van der Waals surface area contributed by atoms with E-state index in [1.54, 1.807) is 6.07 Å². The van der Waals surface area contributed by atoms with E-state index >= 15 is 0 Å². The van der Waals surface area contributed by atoms with Crippen molar-refractivity contribution >= 4 is 23.6 Å². The van der Waals surface area contributed by atoms with E-state index in [0.29, 0.717) is 5.56 Å². The van der Waals surface area contributed by atoms with Crippen LogP contribution in [0.4, 0.5) is 0 Å². The summed E-state index contributed by atoms with van der Waals surface area (Å²) in [5, 5.41) is 2.23. The molecule has 34 heavy (non-hydrogen) atoms. The number of carbonyl (C=O) groups is 4. The zero-order valence-electron chi connectivity index (χ0n) is 23.1. The van der Waals surface area contributed by atoms with Gasteiger partial charge in [-0.05, 0) is 29.7 Å². The van der Waals surface area contributed by atoms with Gasteiger partial charge in [-0.2, -0.15) is 0 Å². The average molecular weight is 469 g/mol. The van der Waals surface area contributed by atoms with Crippen LogP contribution in [0.15, 0.2) is 42.4 Å². The summed E-state index contributed by atoms with van der Waals surface area (Å²) >= 11 is 0. The van der Waals surface area contributed by atoms with Gasteiger partial charge in [0.2, 0.25) is 17.7 Å². The normalized spacial score (nSPS) is 23.9. The van der Waals surface area contributed by atoms with Gasteiger partial charge < -0.3 is 19.3 Å². The Morgan fingerprint density at radius 2 is 1.97 bits per heavy atom. The van der Waals surface area contributed by atoms with Gasteiger partial charge in [-0.3, -0.25) is 24.5 Å². The third kappa shape index (κ3) is 4.38. The first kappa shape index (κ1) is 16.8. The summed E-state index contributed by atoms with van der Waals surface area (Å²) in [7, 11) is 0. The highest BCUT2D eigenvalue weighted by atomic mass is 16.5. The topological polar surface area (TPSA) is 105 Å². The molecule has 2 aromatic carbocycles. The predicted octanol–water partition coefficient (Wildman–Crippen LogP) is 1.39. The van der Waals surface area contributed by atoms with Crippen molar-refractivity contribution in [1.29, 1.82) is 0 Å². The number of piperidine rings is 1. The maximum atomic E-state index is 13.1. The van der Waals surface area contributed by atoms with Crippen LogP contribution in [-0.4, -0.2) is 59.2 Å². The van der Waals surface area contributed by atoms with Crippen molar-refractivity contribution in [1.82, 2.24) is 15.1 Å². The standard InChI is InChI=1S/C25H25N3O6/c29-22-9-8-20(24(31)26-22)28-13-19-18(25(28)32)2-1-3-21(19)34-14-17-6-4-16(5-7-17)12-27-10-11-33-15-23(27)30/h1-7,20H,8-15H2,(H,26,29,31)/i4D,7D,12D,14D2. The van der Waals surface area contributed by atoms with Crippen molar-refractivity contribution in [3.63, 3.8) is 0 Å². The minimum Gasteiger partial charge on any atom is -0.489 e. The summed E-state index contributed by atoms with van der Waals surface area (Å²) in [5.41, 5.74) is 0.409. The highest BCUT2D eigenvalue weighted by molar-refractivity contribution is 6.05. The van der Waals surface area contributed by atoms with Gasteiger partial charge >= 0.3 is 0 Å². The minimum atomic E-state index is -2.60. The molecule has 4 amide bonds. The van der Waals surface area contributed by atoms with Gasteiger partial charge in [0.05, 0.1) is 20.0 Å². The first-order valence-electron chi connectivity index (χ1n) is 13.4. The first-order valence-corrected chi connectivity index (χ1v) is 10.8. The Morgan fingerprint density at radius 3 is 2.79 bits per heavy atom. The molecule has 176 valence electrons. The molecule has 3 aliphatic rings. The fourth-order valence-electron chi connectivity index (χ4n) is 4.13. The summed E-state index contributed by atoms with van der Waals surface area (Å²) in [5.74, 6) is -1.79. The van der Waals surface area contributed by atoms with Gasteiger partial charge in [0.25, 0.3) is 5.91 Å². The van der Waals surface area contributed by atoms with Crippen LogP contribution in [0.5, 0.6) is 5.75 Å². The number of nitrogens with zero attached hydrogens (tertiary/aromatic N) is 2. The second-order valence-corrected chi connectivity index (χ2v) is 8.10. The highest BCUT2D eigenvalue weighted by Gasteiger charge is 2.40. The molecule has 2 aromatic rings. The van der Waals surface area contributed by atoms with Gasteiger partial charge in [0, 0.05) is 30.6 Å². The van der Waals surface area contributed by atoms with Crippen LogP contribution in [-0.2, 0) is 38.7 Å². The summed E-state index contributed by atoms with van der Waals surface area (Å²) in [6, 6.07) is 5.42. The smallest absolute Gasteiger partial charge is 0.255 e. The number of imide groups is 1. The van der Waals surface area contributed by atoms with Gasteiger partial charge in [0.15, 0.2) is 0 Å². The third-order valence-corrected chi connectivity index (χ3v) is 5.89. The summed E-state index contributed by atoms with van der Waals surface area (Å²) in [6.07, 6.45) is 0.272. The van der Waals surface area contributed by atoms with Crippen molar-refractivity contribution in [2.45, 2.75) is 38.5 Å². The fourth-order valence-corrected chi connectivity index (χ4v) is 4.13. The van der Waals surface area contributed by atoms with Crippen LogP contribution < -0.4 is 10.1 Å². The molecule has 2 fully saturated rings. The molecule has 9 heteroatoms. The highest BCUT2D eigenvalue weighted by Crippen LogP contribution is 2.34. The lowest BCUT2D eigenvalue weighted by molar-refractivity contribution is -0.143. The number of fused-ring (bicyclic) bond motifs is 1. The molecule has 5 rings (SSSR count). The summed E-state index contributed by atoms with van der Waals surface area (Å²) < 4.78 is 53.2. The Morgan fingerprint density at radius 1 is 1.15 bits per heavy atom. The molecule has 0 bridgehead atoms. The Kier molecular flexibility index (Phi) is 4.58. The molecular formula is C25H25N3O6. The molecule has 3 aliphatic heterocycles. The number of hydrogen-bond acceptors (Lipinski definition) is 6. The number of rotatable bonds is 6. The van der Waals surface area contributed by atoms with E-state index in [9.17, 15) is 19.2 Å². The van der Waals surface area contributed by atoms with Crippen molar-refractivity contribution in [2.24, 2.45) is 0 Å². The van der Waals surface area contributed by atoms with Gasteiger partial charge in [-0.25, -0.2) is 0 Å². The van der Waals surface area contributed by atoms with Crippen molar-refractivity contribution < 1.29 is 35.5 Å². The quantitative estimate of drug-likeness (QED) is 0.643. The molecule has 3 heterocycles. The Hall–Kier alpha value is -3.72. The number of hydrogen-bond donors (Lipinski definition) is 1. The lowest BCUT2D eigenvalue weighted by Gasteiger charge is -2.29. The number of amides is 4. The molecule has 0 spiro atoms. The van der Waals surface area contributed by atoms with Crippen molar-refractivity contribution in [3.8, 4) is 5.75 Å². The molecule has 2 saturated heterocycles. The SMILES string of the molecule is [2H]c1cc(C([2H])([2H])Oc2cccc3c2CN(C2CCC(=O)NC2=O)C3=O)c([2H])cc1C([2H])N1CCOCC1=O. The van der Waals surface area contributed by atoms with Crippen molar-refractivity contribution in [3.05, 3.63) is 64.7 Å². The number of benzene rings is 2. The molecule has 2 unspecified atom stereocenters. The molecule has 0 aliphatic carbocycles. The third-order valence-electron chi connectivity index (χ3n) is 5.89.